The molecule has 0 atom stereocenters. The summed E-state index contributed by atoms with van der Waals surface area (Å²) in [5.74, 6) is 0.546. The van der Waals surface area contributed by atoms with Crippen molar-refractivity contribution in [2.24, 2.45) is 5.41 Å². The fourth-order valence-electron chi connectivity index (χ4n) is 2.27. The highest BCUT2D eigenvalue weighted by Crippen LogP contribution is 2.37. The highest BCUT2D eigenvalue weighted by molar-refractivity contribution is 9.10. The Morgan fingerprint density at radius 1 is 1.18 bits per heavy atom. The first-order valence-corrected chi connectivity index (χ1v) is 6.87. The molecule has 0 N–H and O–H groups in total. The van der Waals surface area contributed by atoms with Crippen molar-refractivity contribution in [1.29, 1.82) is 0 Å². The highest BCUT2D eigenvalue weighted by atomic mass is 79.9. The van der Waals surface area contributed by atoms with E-state index in [0.717, 1.165) is 30.2 Å². The summed E-state index contributed by atoms with van der Waals surface area (Å²) in [6.07, 6.45) is 5.39. The van der Waals surface area contributed by atoms with Gasteiger partial charge in [0.15, 0.2) is 0 Å². The fourth-order valence-corrected chi connectivity index (χ4v) is 2.53. The summed E-state index contributed by atoms with van der Waals surface area (Å²) in [5, 5.41) is 0. The van der Waals surface area contributed by atoms with Crippen LogP contribution in [0.2, 0.25) is 0 Å². The van der Waals surface area contributed by atoms with Crippen molar-refractivity contribution in [2.75, 3.05) is 0 Å². The zero-order chi connectivity index (χ0) is 12.3. The van der Waals surface area contributed by atoms with Gasteiger partial charge in [-0.05, 0) is 44.0 Å². The number of carbonyl (C=O) groups excluding carboxylic acids is 1. The molecule has 0 unspecified atom stereocenters. The number of ether oxygens (including phenoxy) is 1. The summed E-state index contributed by atoms with van der Waals surface area (Å²) >= 11 is 3.36. The Morgan fingerprint density at radius 3 is 2.35 bits per heavy atom. The molecule has 0 aromatic heterocycles. The minimum atomic E-state index is -0.286. The smallest absolute Gasteiger partial charge is 0.317 e. The maximum atomic E-state index is 12.1. The molecule has 92 valence electrons. The SMILES string of the molecule is CC1(C(=O)Oc2ccc(Br)cc2)CCCCC1. The van der Waals surface area contributed by atoms with E-state index in [-0.39, 0.29) is 11.4 Å². The molecule has 0 amide bonds. The number of esters is 1. The predicted octanol–water partition coefficient (Wildman–Crippen LogP) is 4.32. The monoisotopic (exact) mass is 296 g/mol. The Bertz CT molecular complexity index is 391. The first kappa shape index (κ1) is 12.6. The first-order chi connectivity index (χ1) is 8.10. The molecule has 0 bridgehead atoms. The largest absolute Gasteiger partial charge is 0.426 e. The van der Waals surface area contributed by atoms with Crippen molar-refractivity contribution in [3.63, 3.8) is 0 Å². The van der Waals surface area contributed by atoms with Crippen LogP contribution in [-0.4, -0.2) is 5.97 Å². The number of carbonyl (C=O) groups is 1. The summed E-state index contributed by atoms with van der Waals surface area (Å²) in [4.78, 5) is 12.1. The third kappa shape index (κ3) is 3.09. The van der Waals surface area contributed by atoms with Gasteiger partial charge >= 0.3 is 5.97 Å². The van der Waals surface area contributed by atoms with E-state index in [4.69, 9.17) is 4.74 Å². The molecule has 0 radical (unpaired) electrons. The van der Waals surface area contributed by atoms with Crippen LogP contribution in [0.4, 0.5) is 0 Å². The highest BCUT2D eigenvalue weighted by Gasteiger charge is 2.36. The van der Waals surface area contributed by atoms with Crippen LogP contribution in [0, 0.1) is 5.41 Å². The molecule has 2 rings (SSSR count). The number of rotatable bonds is 2. The maximum Gasteiger partial charge on any atom is 0.317 e. The molecule has 0 saturated heterocycles. The van der Waals surface area contributed by atoms with Crippen LogP contribution < -0.4 is 4.74 Å². The molecular formula is C14H17BrO2. The topological polar surface area (TPSA) is 26.3 Å². The zero-order valence-corrected chi connectivity index (χ0v) is 11.6. The lowest BCUT2D eigenvalue weighted by Crippen LogP contribution is -2.33. The van der Waals surface area contributed by atoms with E-state index in [0.29, 0.717) is 5.75 Å². The van der Waals surface area contributed by atoms with Crippen LogP contribution in [-0.2, 0) is 4.79 Å². The van der Waals surface area contributed by atoms with Gasteiger partial charge in [0, 0.05) is 4.47 Å². The lowest BCUT2D eigenvalue weighted by atomic mass is 9.76. The van der Waals surface area contributed by atoms with Crippen LogP contribution in [0.15, 0.2) is 28.7 Å². The quantitative estimate of drug-likeness (QED) is 0.600. The molecule has 1 aliphatic rings. The molecule has 1 aromatic rings. The lowest BCUT2D eigenvalue weighted by molar-refractivity contribution is -0.146. The Morgan fingerprint density at radius 2 is 1.76 bits per heavy atom. The van der Waals surface area contributed by atoms with Gasteiger partial charge in [0.05, 0.1) is 5.41 Å². The van der Waals surface area contributed by atoms with Crippen molar-refractivity contribution >= 4 is 21.9 Å². The average Bonchev–Trinajstić information content (AvgIpc) is 2.33. The van der Waals surface area contributed by atoms with E-state index in [1.54, 1.807) is 0 Å². The van der Waals surface area contributed by atoms with Crippen molar-refractivity contribution in [3.8, 4) is 5.75 Å². The molecule has 0 aliphatic heterocycles. The van der Waals surface area contributed by atoms with E-state index in [2.05, 4.69) is 15.9 Å². The Balaban J connectivity index is 2.03. The molecule has 17 heavy (non-hydrogen) atoms. The minimum Gasteiger partial charge on any atom is -0.426 e. The van der Waals surface area contributed by atoms with Gasteiger partial charge in [-0.2, -0.15) is 0 Å². The van der Waals surface area contributed by atoms with Gasteiger partial charge in [-0.15, -0.1) is 0 Å². The molecular weight excluding hydrogens is 280 g/mol. The van der Waals surface area contributed by atoms with Gasteiger partial charge in [0.2, 0.25) is 0 Å². The Kier molecular flexibility index (Phi) is 3.87. The van der Waals surface area contributed by atoms with Gasteiger partial charge in [-0.25, -0.2) is 0 Å². The molecule has 0 spiro atoms. The Labute approximate surface area is 110 Å². The average molecular weight is 297 g/mol. The first-order valence-electron chi connectivity index (χ1n) is 6.08. The van der Waals surface area contributed by atoms with E-state index in [1.165, 1.54) is 6.42 Å². The molecule has 1 aliphatic carbocycles. The van der Waals surface area contributed by atoms with Gasteiger partial charge < -0.3 is 4.74 Å². The number of benzene rings is 1. The van der Waals surface area contributed by atoms with Gasteiger partial charge in [-0.3, -0.25) is 4.79 Å². The minimum absolute atomic E-state index is 0.0838. The second-order valence-corrected chi connectivity index (χ2v) is 5.88. The van der Waals surface area contributed by atoms with Crippen LogP contribution >= 0.6 is 15.9 Å². The van der Waals surface area contributed by atoms with Crippen LogP contribution in [0.1, 0.15) is 39.0 Å². The van der Waals surface area contributed by atoms with Gasteiger partial charge in [0.1, 0.15) is 5.75 Å². The van der Waals surface area contributed by atoms with E-state index < -0.39 is 0 Å². The molecule has 3 heteroatoms. The molecule has 1 aromatic carbocycles. The number of hydrogen-bond acceptors (Lipinski definition) is 2. The fraction of sp³-hybridized carbons (Fsp3) is 0.500. The van der Waals surface area contributed by atoms with Crippen molar-refractivity contribution in [2.45, 2.75) is 39.0 Å². The Hall–Kier alpha value is -0.830. The van der Waals surface area contributed by atoms with Crippen molar-refractivity contribution in [1.82, 2.24) is 0 Å². The number of hydrogen-bond donors (Lipinski definition) is 0. The summed E-state index contributed by atoms with van der Waals surface area (Å²) in [6, 6.07) is 7.39. The van der Waals surface area contributed by atoms with Crippen LogP contribution in [0.25, 0.3) is 0 Å². The van der Waals surface area contributed by atoms with E-state index >= 15 is 0 Å². The second-order valence-electron chi connectivity index (χ2n) is 4.96. The van der Waals surface area contributed by atoms with Crippen molar-refractivity contribution in [3.05, 3.63) is 28.7 Å². The number of halogens is 1. The molecule has 0 heterocycles. The molecule has 1 fully saturated rings. The predicted molar refractivity (Wildman–Crippen MR) is 71.0 cm³/mol. The maximum absolute atomic E-state index is 12.1. The van der Waals surface area contributed by atoms with Crippen LogP contribution in [0.5, 0.6) is 5.75 Å². The molecule has 1 saturated carbocycles. The summed E-state index contributed by atoms with van der Waals surface area (Å²) in [5.41, 5.74) is -0.286. The third-order valence-corrected chi connectivity index (χ3v) is 4.00. The third-order valence-electron chi connectivity index (χ3n) is 3.47. The zero-order valence-electron chi connectivity index (χ0n) is 10.0. The van der Waals surface area contributed by atoms with E-state index in [1.807, 2.05) is 31.2 Å². The second kappa shape index (κ2) is 5.21. The summed E-state index contributed by atoms with van der Waals surface area (Å²) in [7, 11) is 0. The van der Waals surface area contributed by atoms with Gasteiger partial charge in [0.25, 0.3) is 0 Å². The van der Waals surface area contributed by atoms with Gasteiger partial charge in [-0.1, -0.05) is 35.2 Å². The standard InChI is InChI=1S/C14H17BrO2/c1-14(9-3-2-4-10-14)13(16)17-12-7-5-11(15)6-8-12/h5-8H,2-4,9-10H2,1H3. The lowest BCUT2D eigenvalue weighted by Gasteiger charge is -2.30. The normalized spacial score (nSPS) is 18.7. The summed E-state index contributed by atoms with van der Waals surface area (Å²) < 4.78 is 6.44. The van der Waals surface area contributed by atoms with Crippen LogP contribution in [0.3, 0.4) is 0 Å². The van der Waals surface area contributed by atoms with Crippen molar-refractivity contribution < 1.29 is 9.53 Å². The van der Waals surface area contributed by atoms with E-state index in [9.17, 15) is 4.79 Å². The molecule has 2 nitrogen and oxygen atoms in total. The summed E-state index contributed by atoms with van der Waals surface area (Å²) in [6.45, 7) is 2.02.